The average Bonchev–Trinajstić information content (AvgIpc) is 3.15. The SMILES string of the molecule is CC1(C)Cc2nc(N3CCOc4ccc(-c5cccc(CC(=O)O)n5)cc43)sc2C(=O)N1. The van der Waals surface area contributed by atoms with Crippen LogP contribution in [0.2, 0.25) is 0 Å². The second-order valence-electron chi connectivity index (χ2n) is 8.55. The molecule has 1 aromatic carbocycles. The van der Waals surface area contributed by atoms with Crippen LogP contribution in [0.3, 0.4) is 0 Å². The molecule has 164 valence electrons. The minimum Gasteiger partial charge on any atom is -0.490 e. The second kappa shape index (κ2) is 7.59. The van der Waals surface area contributed by atoms with E-state index in [-0.39, 0.29) is 17.9 Å². The maximum atomic E-state index is 12.6. The molecule has 2 aliphatic heterocycles. The van der Waals surface area contributed by atoms with Gasteiger partial charge in [-0.1, -0.05) is 17.4 Å². The number of nitrogens with one attached hydrogen (secondary N) is 1. The largest absolute Gasteiger partial charge is 0.490 e. The Morgan fingerprint density at radius 1 is 1.28 bits per heavy atom. The zero-order chi connectivity index (χ0) is 22.5. The van der Waals surface area contributed by atoms with Crippen LogP contribution in [0.4, 0.5) is 10.8 Å². The van der Waals surface area contributed by atoms with Crippen LogP contribution >= 0.6 is 11.3 Å². The number of benzene rings is 1. The molecular weight excluding hydrogens is 428 g/mol. The van der Waals surface area contributed by atoms with E-state index in [9.17, 15) is 9.59 Å². The third-order valence-electron chi connectivity index (χ3n) is 5.44. The van der Waals surface area contributed by atoms with E-state index in [0.29, 0.717) is 35.8 Å². The number of thiazole rings is 1. The molecule has 0 bridgehead atoms. The number of ether oxygens (including phenoxy) is 1. The molecule has 0 fully saturated rings. The molecule has 2 aliphatic rings. The van der Waals surface area contributed by atoms with Crippen molar-refractivity contribution in [3.8, 4) is 17.0 Å². The van der Waals surface area contributed by atoms with Gasteiger partial charge in [0.15, 0.2) is 5.13 Å². The smallest absolute Gasteiger partial charge is 0.309 e. The Bertz CT molecular complexity index is 1240. The molecule has 0 radical (unpaired) electrons. The number of carbonyl (C=O) groups excluding carboxylic acids is 1. The first-order valence-electron chi connectivity index (χ1n) is 10.3. The van der Waals surface area contributed by atoms with E-state index in [1.54, 1.807) is 6.07 Å². The predicted octanol–water partition coefficient (Wildman–Crippen LogP) is 3.43. The van der Waals surface area contributed by atoms with E-state index in [4.69, 9.17) is 14.8 Å². The van der Waals surface area contributed by atoms with Crippen molar-refractivity contribution in [2.24, 2.45) is 0 Å². The van der Waals surface area contributed by atoms with Gasteiger partial charge in [-0.05, 0) is 44.2 Å². The van der Waals surface area contributed by atoms with Crippen molar-refractivity contribution in [3.05, 3.63) is 52.7 Å². The van der Waals surface area contributed by atoms with Crippen molar-refractivity contribution >= 4 is 34.0 Å². The molecule has 0 unspecified atom stereocenters. The number of rotatable bonds is 4. The van der Waals surface area contributed by atoms with Gasteiger partial charge in [0.1, 0.15) is 17.2 Å². The van der Waals surface area contributed by atoms with Crippen molar-refractivity contribution in [1.29, 1.82) is 0 Å². The molecule has 0 saturated carbocycles. The summed E-state index contributed by atoms with van der Waals surface area (Å²) in [5.74, 6) is -0.263. The van der Waals surface area contributed by atoms with E-state index in [1.165, 1.54) is 11.3 Å². The normalized spacial score (nSPS) is 16.6. The van der Waals surface area contributed by atoms with Gasteiger partial charge in [-0.2, -0.15) is 0 Å². The number of fused-ring (bicyclic) bond motifs is 2. The van der Waals surface area contributed by atoms with E-state index in [0.717, 1.165) is 27.8 Å². The van der Waals surface area contributed by atoms with Gasteiger partial charge in [-0.25, -0.2) is 4.98 Å². The van der Waals surface area contributed by atoms with E-state index < -0.39 is 5.97 Å². The Balaban J connectivity index is 1.52. The van der Waals surface area contributed by atoms with Gasteiger partial charge in [0.05, 0.1) is 35.7 Å². The lowest BCUT2D eigenvalue weighted by molar-refractivity contribution is -0.136. The fourth-order valence-electron chi connectivity index (χ4n) is 4.05. The lowest BCUT2D eigenvalue weighted by Gasteiger charge is -2.29. The Kier molecular flexibility index (Phi) is 4.85. The predicted molar refractivity (Wildman–Crippen MR) is 121 cm³/mol. The van der Waals surface area contributed by atoms with E-state index in [2.05, 4.69) is 15.2 Å². The van der Waals surface area contributed by atoms with Crippen molar-refractivity contribution < 1.29 is 19.4 Å². The summed E-state index contributed by atoms with van der Waals surface area (Å²) >= 11 is 1.39. The van der Waals surface area contributed by atoms with Crippen molar-refractivity contribution in [1.82, 2.24) is 15.3 Å². The van der Waals surface area contributed by atoms with Crippen LogP contribution < -0.4 is 15.0 Å². The van der Waals surface area contributed by atoms with Gasteiger partial charge in [-0.3, -0.25) is 14.6 Å². The standard InChI is InChI=1S/C23H22N4O4S/c1-23(2)12-16-20(21(30)26-23)32-22(25-16)27-8-9-31-18-7-6-13(10-17(18)27)15-5-3-4-14(24-15)11-19(28)29/h3-7,10H,8-9,11-12H2,1-2H3,(H,26,30)(H,28,29). The molecule has 4 heterocycles. The molecule has 1 amide bonds. The first-order valence-corrected chi connectivity index (χ1v) is 11.2. The average molecular weight is 451 g/mol. The lowest BCUT2D eigenvalue weighted by atomic mass is 9.94. The van der Waals surface area contributed by atoms with Crippen LogP contribution in [-0.4, -0.2) is 45.6 Å². The van der Waals surface area contributed by atoms with Crippen LogP contribution in [-0.2, 0) is 17.6 Å². The van der Waals surface area contributed by atoms with Gasteiger partial charge in [0.2, 0.25) is 0 Å². The van der Waals surface area contributed by atoms with Crippen LogP contribution in [0.25, 0.3) is 11.3 Å². The van der Waals surface area contributed by atoms with E-state index >= 15 is 0 Å². The molecule has 32 heavy (non-hydrogen) atoms. The number of carboxylic acids is 1. The number of hydrogen-bond acceptors (Lipinski definition) is 7. The monoisotopic (exact) mass is 450 g/mol. The van der Waals surface area contributed by atoms with Gasteiger partial charge in [0.25, 0.3) is 5.91 Å². The summed E-state index contributed by atoms with van der Waals surface area (Å²) < 4.78 is 5.86. The van der Waals surface area contributed by atoms with Gasteiger partial charge in [-0.15, -0.1) is 0 Å². The third-order valence-corrected chi connectivity index (χ3v) is 6.56. The van der Waals surface area contributed by atoms with Crippen LogP contribution in [0.15, 0.2) is 36.4 Å². The molecule has 5 rings (SSSR count). The Morgan fingerprint density at radius 3 is 2.94 bits per heavy atom. The van der Waals surface area contributed by atoms with Gasteiger partial charge in [0, 0.05) is 17.5 Å². The molecule has 3 aromatic rings. The number of carbonyl (C=O) groups is 2. The van der Waals surface area contributed by atoms with Crippen LogP contribution in [0.5, 0.6) is 5.75 Å². The fraction of sp³-hybridized carbons (Fsp3) is 0.304. The van der Waals surface area contributed by atoms with Crippen molar-refractivity contribution in [2.75, 3.05) is 18.1 Å². The summed E-state index contributed by atoms with van der Waals surface area (Å²) in [7, 11) is 0. The molecule has 0 aliphatic carbocycles. The van der Waals surface area contributed by atoms with Crippen LogP contribution in [0.1, 0.15) is 34.9 Å². The summed E-state index contributed by atoms with van der Waals surface area (Å²) in [5, 5.41) is 12.9. The maximum Gasteiger partial charge on any atom is 0.309 e. The second-order valence-corrected chi connectivity index (χ2v) is 9.53. The Hall–Kier alpha value is -3.46. The maximum absolute atomic E-state index is 12.6. The topological polar surface area (TPSA) is 105 Å². The number of nitrogens with zero attached hydrogens (tertiary/aromatic N) is 3. The Morgan fingerprint density at radius 2 is 2.12 bits per heavy atom. The molecule has 8 nitrogen and oxygen atoms in total. The fourth-order valence-corrected chi connectivity index (χ4v) is 5.07. The highest BCUT2D eigenvalue weighted by atomic mass is 32.1. The van der Waals surface area contributed by atoms with E-state index in [1.807, 2.05) is 44.2 Å². The third kappa shape index (κ3) is 3.80. The number of hydrogen-bond donors (Lipinski definition) is 2. The quantitative estimate of drug-likeness (QED) is 0.627. The highest BCUT2D eigenvalue weighted by Gasteiger charge is 2.34. The summed E-state index contributed by atoms with van der Waals surface area (Å²) in [4.78, 5) is 35.7. The van der Waals surface area contributed by atoms with Crippen molar-refractivity contribution in [2.45, 2.75) is 32.2 Å². The molecule has 2 N–H and O–H groups in total. The highest BCUT2D eigenvalue weighted by molar-refractivity contribution is 7.17. The van der Waals surface area contributed by atoms with Crippen LogP contribution in [0, 0.1) is 0 Å². The molecule has 0 spiro atoms. The molecule has 2 aromatic heterocycles. The number of aromatic nitrogens is 2. The number of anilines is 2. The zero-order valence-corrected chi connectivity index (χ0v) is 18.5. The number of aliphatic carboxylic acids is 1. The number of pyridine rings is 1. The molecule has 0 atom stereocenters. The molecular formula is C23H22N4O4S. The molecule has 0 saturated heterocycles. The minimum absolute atomic E-state index is 0.0818. The lowest BCUT2D eigenvalue weighted by Crippen LogP contribution is -2.48. The highest BCUT2D eigenvalue weighted by Crippen LogP contribution is 2.42. The summed E-state index contributed by atoms with van der Waals surface area (Å²) in [6.45, 7) is 5.12. The number of amides is 1. The van der Waals surface area contributed by atoms with Gasteiger partial charge >= 0.3 is 5.97 Å². The van der Waals surface area contributed by atoms with Gasteiger partial charge < -0.3 is 20.1 Å². The molecule has 9 heteroatoms. The first-order chi connectivity index (χ1) is 15.3. The first kappa shape index (κ1) is 20.4. The zero-order valence-electron chi connectivity index (χ0n) is 17.7. The summed E-state index contributed by atoms with van der Waals surface area (Å²) in [5.41, 5.74) is 3.40. The minimum atomic E-state index is -0.917. The number of carboxylic acid groups (broad SMARTS) is 1. The Labute approximate surface area is 188 Å². The van der Waals surface area contributed by atoms with Crippen molar-refractivity contribution in [3.63, 3.8) is 0 Å². The summed E-state index contributed by atoms with van der Waals surface area (Å²) in [6.07, 6.45) is 0.555. The summed E-state index contributed by atoms with van der Waals surface area (Å²) in [6, 6.07) is 11.2.